The van der Waals surface area contributed by atoms with Crippen molar-refractivity contribution in [2.24, 2.45) is 11.0 Å². The summed E-state index contributed by atoms with van der Waals surface area (Å²) in [5.74, 6) is -0.177. The molecule has 60 valence electrons. The normalized spacial score (nSPS) is 29.4. The number of hydrogen-bond donors (Lipinski definition) is 2. The van der Waals surface area contributed by atoms with Gasteiger partial charge in [0.25, 0.3) is 0 Å². The van der Waals surface area contributed by atoms with Crippen LogP contribution in [0.2, 0.25) is 0 Å². The molecule has 0 bridgehead atoms. The van der Waals surface area contributed by atoms with Crippen molar-refractivity contribution in [3.8, 4) is 0 Å². The molecule has 2 atom stereocenters. The van der Waals surface area contributed by atoms with Gasteiger partial charge in [-0.05, 0) is 5.53 Å². The van der Waals surface area contributed by atoms with Crippen LogP contribution in [0, 0.1) is 5.92 Å². The molecule has 0 radical (unpaired) electrons. The first kappa shape index (κ1) is 7.84. The Morgan fingerprint density at radius 2 is 2.55 bits per heavy atom. The van der Waals surface area contributed by atoms with E-state index in [4.69, 9.17) is 5.53 Å². The van der Waals surface area contributed by atoms with E-state index in [0.717, 1.165) is 0 Å². The molecule has 0 spiro atoms. The van der Waals surface area contributed by atoms with Gasteiger partial charge in [-0.15, -0.1) is 0 Å². The lowest BCUT2D eigenvalue weighted by atomic mass is 10.0. The minimum atomic E-state index is -0.125. The molecule has 1 fully saturated rings. The lowest BCUT2D eigenvalue weighted by Crippen LogP contribution is -2.33. The van der Waals surface area contributed by atoms with E-state index < -0.39 is 0 Å². The molecule has 1 amide bonds. The van der Waals surface area contributed by atoms with Gasteiger partial charge in [-0.1, -0.05) is 12.0 Å². The minimum absolute atomic E-state index is 0.0526. The lowest BCUT2D eigenvalue weighted by Gasteiger charge is -2.07. The summed E-state index contributed by atoms with van der Waals surface area (Å²) in [5.41, 5.74) is 13.2. The number of nitrogens with zero attached hydrogens (tertiary/aromatic N) is 3. The molecule has 6 heteroatoms. The van der Waals surface area contributed by atoms with Crippen LogP contribution >= 0.6 is 0 Å². The summed E-state index contributed by atoms with van der Waals surface area (Å²) < 4.78 is 0. The number of nitrogens with one attached hydrogen (secondary N) is 2. The zero-order valence-electron chi connectivity index (χ0n) is 6.11. The summed E-state index contributed by atoms with van der Waals surface area (Å²) >= 11 is 0. The number of hydrazine groups is 1. The summed E-state index contributed by atoms with van der Waals surface area (Å²) in [6, 6.07) is -0.0709. The highest BCUT2D eigenvalue weighted by Gasteiger charge is 2.29. The third kappa shape index (κ3) is 1.60. The molecular formula is C5H9N5O. The predicted octanol–water partition coefficient (Wildman–Crippen LogP) is -0.0642. The second-order valence-corrected chi connectivity index (χ2v) is 2.44. The molecule has 1 rings (SSSR count). The van der Waals surface area contributed by atoms with Crippen molar-refractivity contribution >= 4 is 5.91 Å². The third-order valence-corrected chi connectivity index (χ3v) is 1.74. The van der Waals surface area contributed by atoms with Crippen LogP contribution in [-0.4, -0.2) is 18.5 Å². The van der Waals surface area contributed by atoms with Gasteiger partial charge in [0, 0.05) is 17.5 Å². The van der Waals surface area contributed by atoms with Crippen molar-refractivity contribution < 1.29 is 4.79 Å². The summed E-state index contributed by atoms with van der Waals surface area (Å²) in [7, 11) is 0. The Balaban J connectivity index is 2.48. The molecular weight excluding hydrogens is 146 g/mol. The van der Waals surface area contributed by atoms with Crippen molar-refractivity contribution in [1.82, 2.24) is 10.9 Å². The van der Waals surface area contributed by atoms with E-state index in [1.54, 1.807) is 6.92 Å². The fourth-order valence-electron chi connectivity index (χ4n) is 0.914. The molecule has 0 aliphatic carbocycles. The molecule has 6 nitrogen and oxygen atoms in total. The summed E-state index contributed by atoms with van der Waals surface area (Å²) in [6.45, 7) is 2.09. The number of carbonyl (C=O) groups excluding carboxylic acids is 1. The Morgan fingerprint density at radius 3 is 3.00 bits per heavy atom. The number of azide groups is 1. The van der Waals surface area contributed by atoms with E-state index in [1.165, 1.54) is 0 Å². The zero-order valence-corrected chi connectivity index (χ0v) is 6.11. The average molecular weight is 155 g/mol. The van der Waals surface area contributed by atoms with Gasteiger partial charge >= 0.3 is 0 Å². The molecule has 1 saturated heterocycles. The Labute approximate surface area is 63.6 Å². The second kappa shape index (κ2) is 3.23. The molecule has 1 aliphatic heterocycles. The van der Waals surface area contributed by atoms with Crippen molar-refractivity contribution in [2.45, 2.75) is 13.0 Å². The van der Waals surface area contributed by atoms with E-state index in [1.807, 2.05) is 0 Å². The van der Waals surface area contributed by atoms with Gasteiger partial charge in [0.1, 0.15) is 0 Å². The molecule has 0 saturated carbocycles. The maximum absolute atomic E-state index is 10.8. The minimum Gasteiger partial charge on any atom is -0.291 e. The van der Waals surface area contributed by atoms with Crippen LogP contribution in [0.15, 0.2) is 5.11 Å². The quantitative estimate of drug-likeness (QED) is 0.332. The van der Waals surface area contributed by atoms with Gasteiger partial charge in [0.2, 0.25) is 5.91 Å². The summed E-state index contributed by atoms with van der Waals surface area (Å²) in [5, 5.41) is 3.36. The smallest absolute Gasteiger partial charge is 0.238 e. The van der Waals surface area contributed by atoms with Crippen molar-refractivity contribution in [1.29, 1.82) is 0 Å². The first-order valence-corrected chi connectivity index (χ1v) is 3.32. The fraction of sp³-hybridized carbons (Fsp3) is 0.800. The van der Waals surface area contributed by atoms with E-state index in [9.17, 15) is 4.79 Å². The molecule has 11 heavy (non-hydrogen) atoms. The van der Waals surface area contributed by atoms with Gasteiger partial charge in [-0.2, -0.15) is 0 Å². The van der Waals surface area contributed by atoms with Crippen molar-refractivity contribution in [2.75, 3.05) is 6.54 Å². The number of carbonyl (C=O) groups is 1. The SMILES string of the molecule is CC1C(=O)NNC1CN=[N+]=[N-]. The maximum Gasteiger partial charge on any atom is 0.238 e. The van der Waals surface area contributed by atoms with E-state index >= 15 is 0 Å². The largest absolute Gasteiger partial charge is 0.291 e. The van der Waals surface area contributed by atoms with Crippen LogP contribution in [0.4, 0.5) is 0 Å². The molecule has 0 aromatic rings. The zero-order chi connectivity index (χ0) is 8.27. The third-order valence-electron chi connectivity index (χ3n) is 1.74. The van der Waals surface area contributed by atoms with Gasteiger partial charge in [-0.25, -0.2) is 5.43 Å². The van der Waals surface area contributed by atoms with E-state index in [-0.39, 0.29) is 17.9 Å². The van der Waals surface area contributed by atoms with Crippen LogP contribution in [-0.2, 0) is 4.79 Å². The topological polar surface area (TPSA) is 89.9 Å². The highest BCUT2D eigenvalue weighted by Crippen LogP contribution is 2.07. The summed E-state index contributed by atoms with van der Waals surface area (Å²) in [6.07, 6.45) is 0. The lowest BCUT2D eigenvalue weighted by molar-refractivity contribution is -0.122. The van der Waals surface area contributed by atoms with E-state index in [0.29, 0.717) is 6.54 Å². The Kier molecular flexibility index (Phi) is 2.30. The van der Waals surface area contributed by atoms with Crippen LogP contribution in [0.25, 0.3) is 10.4 Å². The van der Waals surface area contributed by atoms with Crippen molar-refractivity contribution in [3.63, 3.8) is 0 Å². The number of hydrogen-bond acceptors (Lipinski definition) is 3. The van der Waals surface area contributed by atoms with Gasteiger partial charge in [0.05, 0.1) is 5.92 Å². The first-order valence-electron chi connectivity index (χ1n) is 3.32. The van der Waals surface area contributed by atoms with Gasteiger partial charge < -0.3 is 0 Å². The predicted molar refractivity (Wildman–Crippen MR) is 38.2 cm³/mol. The molecule has 2 unspecified atom stereocenters. The Bertz CT molecular complexity index is 209. The highest BCUT2D eigenvalue weighted by molar-refractivity contribution is 5.80. The molecule has 2 N–H and O–H groups in total. The van der Waals surface area contributed by atoms with Gasteiger partial charge in [-0.3, -0.25) is 10.2 Å². The van der Waals surface area contributed by atoms with Gasteiger partial charge in [0.15, 0.2) is 0 Å². The number of rotatable bonds is 2. The summed E-state index contributed by atoms with van der Waals surface area (Å²) in [4.78, 5) is 13.4. The standard InChI is InChI=1S/C5H9N5O/c1-3-4(2-7-10-6)8-9-5(3)11/h3-4,8H,2H2,1H3,(H,9,11). The molecule has 0 aromatic carbocycles. The average Bonchev–Trinajstić information content (AvgIpc) is 2.31. The van der Waals surface area contributed by atoms with Crippen LogP contribution in [0.3, 0.4) is 0 Å². The van der Waals surface area contributed by atoms with Crippen LogP contribution in [0.1, 0.15) is 6.92 Å². The van der Waals surface area contributed by atoms with Crippen LogP contribution < -0.4 is 10.9 Å². The maximum atomic E-state index is 10.8. The van der Waals surface area contributed by atoms with E-state index in [2.05, 4.69) is 20.9 Å². The monoisotopic (exact) mass is 155 g/mol. The van der Waals surface area contributed by atoms with Crippen LogP contribution in [0.5, 0.6) is 0 Å². The Hall–Kier alpha value is -1.26. The Morgan fingerprint density at radius 1 is 1.82 bits per heavy atom. The second-order valence-electron chi connectivity index (χ2n) is 2.44. The molecule has 1 heterocycles. The number of amides is 1. The molecule has 1 aliphatic rings. The highest BCUT2D eigenvalue weighted by atomic mass is 16.2. The van der Waals surface area contributed by atoms with Crippen molar-refractivity contribution in [3.05, 3.63) is 10.4 Å². The molecule has 0 aromatic heterocycles. The first-order chi connectivity index (χ1) is 5.25. The fourth-order valence-corrected chi connectivity index (χ4v) is 0.914.